The number of hydrogen-bond donors (Lipinski definition) is 2. The van der Waals surface area contributed by atoms with Crippen LogP contribution in [-0.4, -0.2) is 30.6 Å². The van der Waals surface area contributed by atoms with Gasteiger partial charge in [0.05, 0.1) is 18.2 Å². The zero-order valence-electron chi connectivity index (χ0n) is 13.5. The van der Waals surface area contributed by atoms with E-state index in [1.54, 1.807) is 7.11 Å². The number of hydrogen-bond acceptors (Lipinski definition) is 5. The molecular weight excluding hydrogens is 369 g/mol. The highest BCUT2D eigenvalue weighted by Crippen LogP contribution is 2.26. The van der Waals surface area contributed by atoms with Gasteiger partial charge in [0.2, 0.25) is 5.91 Å². The number of halogens is 2. The number of rotatable bonds is 7. The minimum atomic E-state index is -0.276. The zero-order chi connectivity index (χ0) is 16.8. The summed E-state index contributed by atoms with van der Waals surface area (Å²) in [6, 6.07) is 7.73. The number of thiazole rings is 1. The Labute approximate surface area is 157 Å². The molecule has 0 aliphatic heterocycles. The van der Waals surface area contributed by atoms with Crippen molar-refractivity contribution in [2.45, 2.75) is 25.9 Å². The highest BCUT2D eigenvalue weighted by Gasteiger charge is 2.14. The maximum atomic E-state index is 12.0. The van der Waals surface area contributed by atoms with Crippen LogP contribution in [0.1, 0.15) is 22.6 Å². The Hall–Kier alpha value is -1.18. The minimum Gasteiger partial charge on any atom is -0.380 e. The number of anilines is 1. The SMILES string of the molecule is COC(CN)CC(=O)Nc1nc(C)c(Cc2cccc(Cl)c2)s1.Cl. The van der Waals surface area contributed by atoms with Gasteiger partial charge in [-0.3, -0.25) is 4.79 Å². The summed E-state index contributed by atoms with van der Waals surface area (Å²) in [5.74, 6) is -0.148. The van der Waals surface area contributed by atoms with Crippen molar-refractivity contribution in [1.82, 2.24) is 4.98 Å². The molecule has 0 saturated heterocycles. The number of nitrogens with zero attached hydrogens (tertiary/aromatic N) is 1. The van der Waals surface area contributed by atoms with Gasteiger partial charge in [-0.25, -0.2) is 4.98 Å². The van der Waals surface area contributed by atoms with Crippen LogP contribution in [0.2, 0.25) is 5.02 Å². The summed E-state index contributed by atoms with van der Waals surface area (Å²) in [6.45, 7) is 2.24. The third-order valence-corrected chi connectivity index (χ3v) is 4.71. The lowest BCUT2D eigenvalue weighted by atomic mass is 10.1. The third-order valence-electron chi connectivity index (χ3n) is 3.40. The number of aromatic nitrogens is 1. The highest BCUT2D eigenvalue weighted by molar-refractivity contribution is 7.15. The Morgan fingerprint density at radius 2 is 2.25 bits per heavy atom. The first-order valence-corrected chi connectivity index (χ1v) is 8.44. The van der Waals surface area contributed by atoms with E-state index in [0.29, 0.717) is 16.7 Å². The van der Waals surface area contributed by atoms with Crippen molar-refractivity contribution in [3.05, 3.63) is 45.4 Å². The van der Waals surface area contributed by atoms with Crippen molar-refractivity contribution in [2.75, 3.05) is 19.0 Å². The molecule has 1 amide bonds. The monoisotopic (exact) mass is 389 g/mol. The number of aryl methyl sites for hydroxylation is 1. The maximum Gasteiger partial charge on any atom is 0.228 e. The van der Waals surface area contributed by atoms with Crippen LogP contribution in [0.25, 0.3) is 0 Å². The largest absolute Gasteiger partial charge is 0.380 e. The number of methoxy groups -OCH3 is 1. The smallest absolute Gasteiger partial charge is 0.228 e. The van der Waals surface area contributed by atoms with Crippen LogP contribution in [-0.2, 0) is 16.0 Å². The molecule has 2 aromatic rings. The lowest BCUT2D eigenvalue weighted by Gasteiger charge is -2.11. The lowest BCUT2D eigenvalue weighted by molar-refractivity contribution is -0.118. The van der Waals surface area contributed by atoms with Crippen LogP contribution < -0.4 is 11.1 Å². The normalized spacial score (nSPS) is 11.7. The molecule has 1 aromatic heterocycles. The summed E-state index contributed by atoms with van der Waals surface area (Å²) in [6.07, 6.45) is 0.681. The molecule has 0 aliphatic carbocycles. The van der Waals surface area contributed by atoms with Crippen LogP contribution in [0.5, 0.6) is 0 Å². The topological polar surface area (TPSA) is 77.2 Å². The predicted molar refractivity (Wildman–Crippen MR) is 101 cm³/mol. The van der Waals surface area contributed by atoms with Crippen molar-refractivity contribution >= 4 is 46.4 Å². The van der Waals surface area contributed by atoms with E-state index in [9.17, 15) is 4.79 Å². The quantitative estimate of drug-likeness (QED) is 0.760. The average molecular weight is 390 g/mol. The van der Waals surface area contributed by atoms with E-state index in [4.69, 9.17) is 22.1 Å². The molecule has 0 radical (unpaired) electrons. The predicted octanol–water partition coefficient (Wildman–Crippen LogP) is 3.42. The summed E-state index contributed by atoms with van der Waals surface area (Å²) in [4.78, 5) is 17.5. The molecule has 0 aliphatic rings. The molecule has 1 aromatic carbocycles. The molecule has 8 heteroatoms. The Morgan fingerprint density at radius 1 is 1.50 bits per heavy atom. The van der Waals surface area contributed by atoms with E-state index in [1.807, 2.05) is 31.2 Å². The Morgan fingerprint density at radius 3 is 2.88 bits per heavy atom. The van der Waals surface area contributed by atoms with Crippen molar-refractivity contribution in [3.63, 3.8) is 0 Å². The number of nitrogens with two attached hydrogens (primary N) is 1. The second kappa shape index (κ2) is 9.96. The molecule has 5 nitrogen and oxygen atoms in total. The number of carbonyl (C=O) groups excluding carboxylic acids is 1. The number of nitrogens with one attached hydrogen (secondary N) is 1. The molecule has 0 bridgehead atoms. The molecule has 1 unspecified atom stereocenters. The standard InChI is InChI=1S/C16H20ClN3O2S.ClH/c1-10-14(7-11-4-3-5-12(17)6-11)23-16(19-10)20-15(21)8-13(9-18)22-2;/h3-6,13H,7-9,18H2,1-2H3,(H,19,20,21);1H. The van der Waals surface area contributed by atoms with E-state index in [-0.39, 0.29) is 30.8 Å². The van der Waals surface area contributed by atoms with Crippen molar-refractivity contribution < 1.29 is 9.53 Å². The molecule has 0 spiro atoms. The molecule has 2 rings (SSSR count). The van der Waals surface area contributed by atoms with E-state index >= 15 is 0 Å². The van der Waals surface area contributed by atoms with Gasteiger partial charge in [0, 0.05) is 30.0 Å². The fourth-order valence-corrected chi connectivity index (χ4v) is 3.34. The summed E-state index contributed by atoms with van der Waals surface area (Å²) in [5.41, 5.74) is 7.55. The molecular formula is C16H21Cl2N3O2S. The number of benzene rings is 1. The maximum absolute atomic E-state index is 12.0. The fraction of sp³-hybridized carbons (Fsp3) is 0.375. The van der Waals surface area contributed by atoms with Crippen LogP contribution in [0.4, 0.5) is 5.13 Å². The molecule has 0 saturated carbocycles. The molecule has 132 valence electrons. The van der Waals surface area contributed by atoms with Gasteiger partial charge in [-0.05, 0) is 24.6 Å². The first kappa shape index (κ1) is 20.9. The lowest BCUT2D eigenvalue weighted by Crippen LogP contribution is -2.28. The Bertz CT molecular complexity index is 675. The van der Waals surface area contributed by atoms with Crippen LogP contribution >= 0.6 is 35.3 Å². The van der Waals surface area contributed by atoms with Gasteiger partial charge in [-0.2, -0.15) is 0 Å². The molecule has 0 fully saturated rings. The van der Waals surface area contributed by atoms with Gasteiger partial charge in [-0.15, -0.1) is 23.7 Å². The van der Waals surface area contributed by atoms with Crippen LogP contribution in [0.15, 0.2) is 24.3 Å². The van der Waals surface area contributed by atoms with Gasteiger partial charge in [-0.1, -0.05) is 23.7 Å². The van der Waals surface area contributed by atoms with Crippen molar-refractivity contribution in [1.29, 1.82) is 0 Å². The van der Waals surface area contributed by atoms with E-state index < -0.39 is 0 Å². The summed E-state index contributed by atoms with van der Waals surface area (Å²) in [5, 5.41) is 4.11. The summed E-state index contributed by atoms with van der Waals surface area (Å²) >= 11 is 7.48. The first-order valence-electron chi connectivity index (χ1n) is 7.25. The van der Waals surface area contributed by atoms with E-state index in [1.165, 1.54) is 11.3 Å². The molecule has 24 heavy (non-hydrogen) atoms. The van der Waals surface area contributed by atoms with E-state index in [2.05, 4.69) is 10.3 Å². The van der Waals surface area contributed by atoms with Gasteiger partial charge in [0.15, 0.2) is 5.13 Å². The second-order valence-corrected chi connectivity index (χ2v) is 6.70. The molecule has 1 heterocycles. The molecule has 1 atom stereocenters. The zero-order valence-corrected chi connectivity index (χ0v) is 15.9. The first-order chi connectivity index (χ1) is 11.0. The number of ether oxygens (including phenoxy) is 1. The van der Waals surface area contributed by atoms with Crippen molar-refractivity contribution in [2.24, 2.45) is 5.73 Å². The van der Waals surface area contributed by atoms with Crippen LogP contribution in [0, 0.1) is 6.92 Å². The Balaban J connectivity index is 0.00000288. The number of amides is 1. The van der Waals surface area contributed by atoms with Crippen LogP contribution in [0.3, 0.4) is 0 Å². The summed E-state index contributed by atoms with van der Waals surface area (Å²) in [7, 11) is 1.54. The van der Waals surface area contributed by atoms with E-state index in [0.717, 1.165) is 22.6 Å². The number of carbonyl (C=O) groups is 1. The average Bonchev–Trinajstić information content (AvgIpc) is 2.84. The van der Waals surface area contributed by atoms with Gasteiger partial charge < -0.3 is 15.8 Å². The summed E-state index contributed by atoms with van der Waals surface area (Å²) < 4.78 is 5.11. The second-order valence-electron chi connectivity index (χ2n) is 5.18. The highest BCUT2D eigenvalue weighted by atomic mass is 35.5. The van der Waals surface area contributed by atoms with Gasteiger partial charge in [0.1, 0.15) is 0 Å². The van der Waals surface area contributed by atoms with Crippen molar-refractivity contribution in [3.8, 4) is 0 Å². The minimum absolute atomic E-state index is 0. The van der Waals surface area contributed by atoms with Gasteiger partial charge in [0.25, 0.3) is 0 Å². The third kappa shape index (κ3) is 6.03. The Kier molecular flexibility index (Phi) is 8.66. The van der Waals surface area contributed by atoms with Gasteiger partial charge >= 0.3 is 0 Å². The fourth-order valence-electron chi connectivity index (χ4n) is 2.12. The molecule has 3 N–H and O–H groups in total.